The van der Waals surface area contributed by atoms with E-state index in [1.807, 2.05) is 6.07 Å². The lowest BCUT2D eigenvalue weighted by molar-refractivity contribution is -0.137. The number of rotatable bonds is 1. The molecule has 0 unspecified atom stereocenters. The summed E-state index contributed by atoms with van der Waals surface area (Å²) >= 11 is 0. The van der Waals surface area contributed by atoms with E-state index in [1.54, 1.807) is 0 Å². The zero-order valence-corrected chi connectivity index (χ0v) is 9.35. The smallest absolute Gasteiger partial charge is 0.316 e. The molecule has 0 radical (unpaired) electrons. The molecule has 1 aliphatic carbocycles. The fourth-order valence-corrected chi connectivity index (χ4v) is 3.05. The highest BCUT2D eigenvalue weighted by atomic mass is 19.4. The SMILES string of the molecule is FC(F)(F)c1cccc([C@]23CCNC[C@@H]2C3)c1. The van der Waals surface area contributed by atoms with Gasteiger partial charge in [-0.05, 0) is 43.5 Å². The predicted molar refractivity (Wildman–Crippen MR) is 58.7 cm³/mol. The van der Waals surface area contributed by atoms with E-state index < -0.39 is 11.7 Å². The molecule has 17 heavy (non-hydrogen) atoms. The molecule has 1 aromatic carbocycles. The van der Waals surface area contributed by atoms with Crippen LogP contribution in [0.25, 0.3) is 0 Å². The van der Waals surface area contributed by atoms with Crippen molar-refractivity contribution in [3.63, 3.8) is 0 Å². The van der Waals surface area contributed by atoms with Crippen LogP contribution >= 0.6 is 0 Å². The van der Waals surface area contributed by atoms with Crippen molar-refractivity contribution in [1.29, 1.82) is 0 Å². The molecular weight excluding hydrogens is 227 g/mol. The van der Waals surface area contributed by atoms with E-state index in [9.17, 15) is 13.2 Å². The number of fused-ring (bicyclic) bond motifs is 1. The van der Waals surface area contributed by atoms with E-state index in [1.165, 1.54) is 12.1 Å². The first-order valence-electron chi connectivity index (χ1n) is 5.91. The number of benzene rings is 1. The van der Waals surface area contributed by atoms with Crippen LogP contribution in [0, 0.1) is 5.92 Å². The zero-order valence-electron chi connectivity index (χ0n) is 9.35. The van der Waals surface area contributed by atoms with Crippen LogP contribution in [0.3, 0.4) is 0 Å². The van der Waals surface area contributed by atoms with Crippen LogP contribution in [-0.2, 0) is 11.6 Å². The number of hydrogen-bond acceptors (Lipinski definition) is 1. The minimum absolute atomic E-state index is 0.0342. The standard InChI is InChI=1S/C13H14F3N/c14-13(15,16)10-3-1-2-9(6-10)12-4-5-17-8-11(12)7-12/h1-3,6,11,17H,4-5,7-8H2/t11-,12+/m0/s1. The van der Waals surface area contributed by atoms with Gasteiger partial charge in [0, 0.05) is 5.41 Å². The highest BCUT2D eigenvalue weighted by molar-refractivity contribution is 5.38. The van der Waals surface area contributed by atoms with Gasteiger partial charge in [-0.1, -0.05) is 18.2 Å². The average molecular weight is 241 g/mol. The van der Waals surface area contributed by atoms with Gasteiger partial charge in [0.2, 0.25) is 0 Å². The van der Waals surface area contributed by atoms with Crippen molar-refractivity contribution in [2.24, 2.45) is 5.92 Å². The number of halogens is 3. The van der Waals surface area contributed by atoms with E-state index in [4.69, 9.17) is 0 Å². The molecule has 3 rings (SSSR count). The number of hydrogen-bond donors (Lipinski definition) is 1. The molecule has 1 saturated carbocycles. The molecule has 1 heterocycles. The van der Waals surface area contributed by atoms with E-state index >= 15 is 0 Å². The van der Waals surface area contributed by atoms with Gasteiger partial charge in [-0.3, -0.25) is 0 Å². The van der Waals surface area contributed by atoms with Crippen LogP contribution in [0.4, 0.5) is 13.2 Å². The summed E-state index contributed by atoms with van der Waals surface area (Å²) in [4.78, 5) is 0. The predicted octanol–water partition coefficient (Wildman–Crippen LogP) is 2.96. The van der Waals surface area contributed by atoms with Crippen molar-refractivity contribution in [3.05, 3.63) is 35.4 Å². The fraction of sp³-hybridized carbons (Fsp3) is 0.538. The third kappa shape index (κ3) is 1.75. The fourth-order valence-electron chi connectivity index (χ4n) is 3.05. The van der Waals surface area contributed by atoms with Crippen LogP contribution in [0.5, 0.6) is 0 Å². The van der Waals surface area contributed by atoms with E-state index in [-0.39, 0.29) is 5.41 Å². The Morgan fingerprint density at radius 2 is 2.12 bits per heavy atom. The second-order valence-electron chi connectivity index (χ2n) is 5.09. The van der Waals surface area contributed by atoms with Gasteiger partial charge in [-0.25, -0.2) is 0 Å². The summed E-state index contributed by atoms with van der Waals surface area (Å²) in [5.41, 5.74) is 0.388. The van der Waals surface area contributed by atoms with Gasteiger partial charge < -0.3 is 5.32 Å². The molecule has 0 bridgehead atoms. The van der Waals surface area contributed by atoms with Gasteiger partial charge >= 0.3 is 6.18 Å². The van der Waals surface area contributed by atoms with Crippen molar-refractivity contribution in [1.82, 2.24) is 5.32 Å². The third-order valence-corrected chi connectivity index (χ3v) is 4.14. The highest BCUT2D eigenvalue weighted by Gasteiger charge is 2.56. The molecule has 0 spiro atoms. The maximum atomic E-state index is 12.7. The molecule has 1 aromatic rings. The Morgan fingerprint density at radius 1 is 1.29 bits per heavy atom. The molecule has 1 N–H and O–H groups in total. The molecule has 1 saturated heterocycles. The normalized spacial score (nSPS) is 32.1. The number of alkyl halides is 3. The van der Waals surface area contributed by atoms with Crippen LogP contribution in [-0.4, -0.2) is 13.1 Å². The van der Waals surface area contributed by atoms with E-state index in [2.05, 4.69) is 5.32 Å². The monoisotopic (exact) mass is 241 g/mol. The minimum Gasteiger partial charge on any atom is -0.316 e. The molecule has 0 amide bonds. The maximum Gasteiger partial charge on any atom is 0.416 e. The quantitative estimate of drug-likeness (QED) is 0.797. The second-order valence-corrected chi connectivity index (χ2v) is 5.09. The lowest BCUT2D eigenvalue weighted by atomic mass is 9.87. The van der Waals surface area contributed by atoms with Gasteiger partial charge in [0.05, 0.1) is 5.56 Å². The van der Waals surface area contributed by atoms with Crippen LogP contribution < -0.4 is 5.32 Å². The molecule has 1 nitrogen and oxygen atoms in total. The van der Waals surface area contributed by atoms with Gasteiger partial charge in [-0.2, -0.15) is 13.2 Å². The molecule has 2 atom stereocenters. The average Bonchev–Trinajstić information content (AvgIpc) is 3.04. The summed E-state index contributed by atoms with van der Waals surface area (Å²) in [6, 6.07) is 5.87. The molecule has 2 aliphatic rings. The molecular formula is C13H14F3N. The highest BCUT2D eigenvalue weighted by Crippen LogP contribution is 2.58. The van der Waals surface area contributed by atoms with Crippen LogP contribution in [0.1, 0.15) is 24.0 Å². The largest absolute Gasteiger partial charge is 0.416 e. The molecule has 4 heteroatoms. The van der Waals surface area contributed by atoms with Crippen molar-refractivity contribution in [3.8, 4) is 0 Å². The van der Waals surface area contributed by atoms with E-state index in [0.29, 0.717) is 5.92 Å². The van der Waals surface area contributed by atoms with Gasteiger partial charge in [0.1, 0.15) is 0 Å². The maximum absolute atomic E-state index is 12.7. The second kappa shape index (κ2) is 3.48. The molecule has 1 aliphatic heterocycles. The first kappa shape index (κ1) is 11.1. The van der Waals surface area contributed by atoms with Crippen molar-refractivity contribution < 1.29 is 13.2 Å². The molecule has 92 valence electrons. The first-order chi connectivity index (χ1) is 8.02. The van der Waals surface area contributed by atoms with Gasteiger partial charge in [-0.15, -0.1) is 0 Å². The number of piperidine rings is 1. The van der Waals surface area contributed by atoms with E-state index in [0.717, 1.165) is 37.6 Å². The Morgan fingerprint density at radius 3 is 2.82 bits per heavy atom. The zero-order chi connectivity index (χ0) is 12.1. The Labute approximate surface area is 98.0 Å². The summed E-state index contributed by atoms with van der Waals surface area (Å²) in [5, 5.41) is 3.29. The first-order valence-corrected chi connectivity index (χ1v) is 5.91. The van der Waals surface area contributed by atoms with Crippen molar-refractivity contribution in [2.75, 3.05) is 13.1 Å². The summed E-state index contributed by atoms with van der Waals surface area (Å²) in [6.45, 7) is 1.85. The summed E-state index contributed by atoms with van der Waals surface area (Å²) < 4.78 is 38.0. The van der Waals surface area contributed by atoms with Crippen molar-refractivity contribution in [2.45, 2.75) is 24.4 Å². The van der Waals surface area contributed by atoms with Gasteiger partial charge in [0.15, 0.2) is 0 Å². The summed E-state index contributed by atoms with van der Waals surface area (Å²) in [5.74, 6) is 0.528. The third-order valence-electron chi connectivity index (χ3n) is 4.14. The topological polar surface area (TPSA) is 12.0 Å². The molecule has 0 aromatic heterocycles. The Bertz CT molecular complexity index is 441. The summed E-state index contributed by atoms with van der Waals surface area (Å²) in [7, 11) is 0. The van der Waals surface area contributed by atoms with Gasteiger partial charge in [0.25, 0.3) is 0 Å². The Hall–Kier alpha value is -1.03. The van der Waals surface area contributed by atoms with Crippen LogP contribution in [0.2, 0.25) is 0 Å². The Kier molecular flexibility index (Phi) is 2.27. The number of nitrogens with one attached hydrogen (secondary N) is 1. The minimum atomic E-state index is -4.23. The van der Waals surface area contributed by atoms with Crippen molar-refractivity contribution >= 4 is 0 Å². The molecule has 2 fully saturated rings. The lowest BCUT2D eigenvalue weighted by Crippen LogP contribution is -2.31. The Balaban J connectivity index is 1.94. The van der Waals surface area contributed by atoms with Crippen LogP contribution in [0.15, 0.2) is 24.3 Å². The summed E-state index contributed by atoms with van der Waals surface area (Å²) in [6.07, 6.45) is -2.25. The lowest BCUT2D eigenvalue weighted by Gasteiger charge is -2.24.